The highest BCUT2D eigenvalue weighted by Crippen LogP contribution is 2.29. The van der Waals surface area contributed by atoms with Crippen LogP contribution in [0.5, 0.6) is 0 Å². The quantitative estimate of drug-likeness (QED) is 0.744. The Balaban J connectivity index is 1.53. The van der Waals surface area contributed by atoms with Crippen LogP contribution in [0, 0.1) is 5.92 Å². The van der Waals surface area contributed by atoms with Crippen LogP contribution < -0.4 is 10.2 Å². The van der Waals surface area contributed by atoms with E-state index in [0.29, 0.717) is 35.5 Å². The summed E-state index contributed by atoms with van der Waals surface area (Å²) < 4.78 is 39.9. The minimum atomic E-state index is -4.65. The van der Waals surface area contributed by atoms with Crippen LogP contribution in [-0.4, -0.2) is 38.8 Å². The number of nitrogens with zero attached hydrogens (tertiary/aromatic N) is 5. The predicted molar refractivity (Wildman–Crippen MR) is 95.8 cm³/mol. The molecule has 0 aliphatic carbocycles. The minimum Gasteiger partial charge on any atom is -0.354 e. The number of fused-ring (bicyclic) bond motifs is 1. The van der Waals surface area contributed by atoms with Gasteiger partial charge in [0.2, 0.25) is 5.91 Å². The molecule has 4 rings (SSSR count). The van der Waals surface area contributed by atoms with Crippen LogP contribution in [0.4, 0.5) is 24.7 Å². The molecule has 10 heteroatoms. The monoisotopic (exact) mass is 390 g/mol. The zero-order valence-corrected chi connectivity index (χ0v) is 14.7. The number of hydrogen-bond donors (Lipinski definition) is 1. The molecule has 1 N–H and O–H groups in total. The molecule has 0 bridgehead atoms. The van der Waals surface area contributed by atoms with Gasteiger partial charge in [0.1, 0.15) is 5.82 Å². The number of aromatic nitrogens is 4. The highest BCUT2D eigenvalue weighted by molar-refractivity contribution is 5.93. The van der Waals surface area contributed by atoms with E-state index < -0.39 is 12.0 Å². The van der Waals surface area contributed by atoms with Crippen molar-refractivity contribution < 1.29 is 18.0 Å². The lowest BCUT2D eigenvalue weighted by Crippen LogP contribution is -2.41. The predicted octanol–water partition coefficient (Wildman–Crippen LogP) is 3.00. The summed E-state index contributed by atoms with van der Waals surface area (Å²) in [6.07, 6.45) is -3.20. The first kappa shape index (κ1) is 18.2. The van der Waals surface area contributed by atoms with Gasteiger partial charge in [0.15, 0.2) is 5.65 Å². The maximum absolute atomic E-state index is 13.1. The Morgan fingerprint density at radius 1 is 1.11 bits per heavy atom. The SMILES string of the molecule is O=C(Nc1ccccc1)[C@H]1CCCN(c2ccc3nnc(C(F)(F)F)n3n2)C1. The van der Waals surface area contributed by atoms with Crippen molar-refractivity contribution in [1.29, 1.82) is 0 Å². The number of carbonyl (C=O) groups excluding carboxylic acids is 1. The van der Waals surface area contributed by atoms with Gasteiger partial charge < -0.3 is 10.2 Å². The minimum absolute atomic E-state index is 0.0199. The summed E-state index contributed by atoms with van der Waals surface area (Å²) in [7, 11) is 0. The molecule has 1 aliphatic heterocycles. The molecule has 2 aromatic heterocycles. The van der Waals surface area contributed by atoms with E-state index in [1.54, 1.807) is 18.2 Å². The Bertz CT molecular complexity index is 988. The summed E-state index contributed by atoms with van der Waals surface area (Å²) in [6.45, 7) is 0.984. The molecule has 3 aromatic rings. The third kappa shape index (κ3) is 3.62. The standard InChI is InChI=1S/C18H17F3N6O/c19-18(20,21)17-24-23-14-8-9-15(25-27(14)17)26-10-4-5-12(11-26)16(28)22-13-6-2-1-3-7-13/h1-3,6-9,12H,4-5,10-11H2,(H,22,28)/t12-/m0/s1. The van der Waals surface area contributed by atoms with E-state index in [1.807, 2.05) is 23.1 Å². The number of benzene rings is 1. The lowest BCUT2D eigenvalue weighted by atomic mass is 9.97. The first-order chi connectivity index (χ1) is 13.4. The number of halogens is 3. The van der Waals surface area contributed by atoms with E-state index in [1.165, 1.54) is 6.07 Å². The molecule has 3 heterocycles. The third-order valence-electron chi connectivity index (χ3n) is 4.66. The number of carbonyl (C=O) groups is 1. The fraction of sp³-hybridized carbons (Fsp3) is 0.333. The molecule has 28 heavy (non-hydrogen) atoms. The van der Waals surface area contributed by atoms with Crippen molar-refractivity contribution in [2.24, 2.45) is 5.92 Å². The van der Waals surface area contributed by atoms with Crippen LogP contribution in [-0.2, 0) is 11.0 Å². The van der Waals surface area contributed by atoms with Gasteiger partial charge in [-0.15, -0.1) is 15.3 Å². The van der Waals surface area contributed by atoms with Crippen molar-refractivity contribution in [2.75, 3.05) is 23.3 Å². The fourth-order valence-electron chi connectivity index (χ4n) is 3.29. The number of anilines is 2. The number of piperidine rings is 1. The molecule has 7 nitrogen and oxygen atoms in total. The molecule has 0 saturated carbocycles. The van der Waals surface area contributed by atoms with Gasteiger partial charge in [0.05, 0.1) is 5.92 Å². The Labute approximate surface area is 158 Å². The number of rotatable bonds is 3. The van der Waals surface area contributed by atoms with Crippen molar-refractivity contribution in [1.82, 2.24) is 19.8 Å². The van der Waals surface area contributed by atoms with Crippen molar-refractivity contribution in [3.63, 3.8) is 0 Å². The van der Waals surface area contributed by atoms with Crippen molar-refractivity contribution in [2.45, 2.75) is 19.0 Å². The Morgan fingerprint density at radius 3 is 2.64 bits per heavy atom. The molecule has 1 aromatic carbocycles. The summed E-state index contributed by atoms with van der Waals surface area (Å²) >= 11 is 0. The van der Waals surface area contributed by atoms with Crippen LogP contribution >= 0.6 is 0 Å². The van der Waals surface area contributed by atoms with Crippen LogP contribution in [0.15, 0.2) is 42.5 Å². The average molecular weight is 390 g/mol. The second-order valence-electron chi connectivity index (χ2n) is 6.62. The van der Waals surface area contributed by atoms with E-state index in [0.717, 1.165) is 6.42 Å². The molecular weight excluding hydrogens is 373 g/mol. The van der Waals surface area contributed by atoms with Gasteiger partial charge >= 0.3 is 6.18 Å². The summed E-state index contributed by atoms with van der Waals surface area (Å²) in [5.74, 6) is -1.21. The topological polar surface area (TPSA) is 75.4 Å². The van der Waals surface area contributed by atoms with Crippen LogP contribution in [0.1, 0.15) is 18.7 Å². The number of para-hydroxylation sites is 1. The zero-order valence-electron chi connectivity index (χ0n) is 14.7. The second-order valence-corrected chi connectivity index (χ2v) is 6.62. The van der Waals surface area contributed by atoms with Crippen molar-refractivity contribution in [3.05, 3.63) is 48.3 Å². The Kier molecular flexibility index (Phi) is 4.62. The van der Waals surface area contributed by atoms with Gasteiger partial charge in [-0.2, -0.15) is 17.7 Å². The molecule has 0 radical (unpaired) electrons. The Morgan fingerprint density at radius 2 is 1.89 bits per heavy atom. The lowest BCUT2D eigenvalue weighted by molar-refractivity contribution is -0.146. The van der Waals surface area contributed by atoms with Gasteiger partial charge in [0, 0.05) is 18.8 Å². The van der Waals surface area contributed by atoms with Gasteiger partial charge in [-0.1, -0.05) is 18.2 Å². The van der Waals surface area contributed by atoms with Crippen molar-refractivity contribution in [3.8, 4) is 0 Å². The molecule has 1 atom stereocenters. The molecular formula is C18H17F3N6O. The average Bonchev–Trinajstić information content (AvgIpc) is 3.12. The number of alkyl halides is 3. The molecule has 1 fully saturated rings. The number of nitrogens with one attached hydrogen (secondary N) is 1. The van der Waals surface area contributed by atoms with E-state index in [2.05, 4.69) is 20.6 Å². The highest BCUT2D eigenvalue weighted by Gasteiger charge is 2.38. The summed E-state index contributed by atoms with van der Waals surface area (Å²) in [5.41, 5.74) is 0.731. The molecule has 146 valence electrons. The molecule has 1 amide bonds. The largest absolute Gasteiger partial charge is 0.453 e. The van der Waals surface area contributed by atoms with Crippen LogP contribution in [0.25, 0.3) is 5.65 Å². The zero-order chi connectivity index (χ0) is 19.7. The molecule has 0 unspecified atom stereocenters. The smallest absolute Gasteiger partial charge is 0.354 e. The normalized spacial score (nSPS) is 17.7. The maximum atomic E-state index is 13.1. The van der Waals surface area contributed by atoms with E-state index in [-0.39, 0.29) is 17.5 Å². The summed E-state index contributed by atoms with van der Waals surface area (Å²) in [4.78, 5) is 14.4. The highest BCUT2D eigenvalue weighted by atomic mass is 19.4. The fourth-order valence-corrected chi connectivity index (χ4v) is 3.29. The summed E-state index contributed by atoms with van der Waals surface area (Å²) in [5, 5.41) is 13.6. The van der Waals surface area contributed by atoms with Crippen LogP contribution in [0.3, 0.4) is 0 Å². The van der Waals surface area contributed by atoms with Crippen LogP contribution in [0.2, 0.25) is 0 Å². The first-order valence-corrected chi connectivity index (χ1v) is 8.82. The van der Waals surface area contributed by atoms with E-state index >= 15 is 0 Å². The maximum Gasteiger partial charge on any atom is 0.453 e. The summed E-state index contributed by atoms with van der Waals surface area (Å²) in [6, 6.07) is 12.2. The first-order valence-electron chi connectivity index (χ1n) is 8.82. The van der Waals surface area contributed by atoms with Gasteiger partial charge in [-0.25, -0.2) is 0 Å². The third-order valence-corrected chi connectivity index (χ3v) is 4.66. The number of amides is 1. The van der Waals surface area contributed by atoms with E-state index in [9.17, 15) is 18.0 Å². The molecule has 1 aliphatic rings. The van der Waals surface area contributed by atoms with Crippen molar-refractivity contribution >= 4 is 23.1 Å². The van der Waals surface area contributed by atoms with Gasteiger partial charge in [0.25, 0.3) is 5.82 Å². The van der Waals surface area contributed by atoms with Gasteiger partial charge in [-0.3, -0.25) is 4.79 Å². The van der Waals surface area contributed by atoms with Gasteiger partial charge in [-0.05, 0) is 37.1 Å². The molecule has 0 spiro atoms. The lowest BCUT2D eigenvalue weighted by Gasteiger charge is -2.32. The van der Waals surface area contributed by atoms with E-state index in [4.69, 9.17) is 0 Å². The number of hydrogen-bond acceptors (Lipinski definition) is 5. The molecule has 1 saturated heterocycles. The Hall–Kier alpha value is -3.17. The second kappa shape index (κ2) is 7.10.